The first kappa shape index (κ1) is 41.8. The predicted molar refractivity (Wildman–Crippen MR) is 179 cm³/mol. The summed E-state index contributed by atoms with van der Waals surface area (Å²) >= 11 is 0. The van der Waals surface area contributed by atoms with Crippen LogP contribution < -0.4 is 5.32 Å². The molecule has 2 N–H and O–H groups in total. The van der Waals surface area contributed by atoms with E-state index in [1.54, 1.807) is 24.3 Å². The van der Waals surface area contributed by atoms with E-state index in [0.717, 1.165) is 42.5 Å². The van der Waals surface area contributed by atoms with Crippen LogP contribution in [0.3, 0.4) is 0 Å². The Kier molecular flexibility index (Phi) is 21.6. The lowest BCUT2D eigenvalue weighted by Gasteiger charge is -2.41. The van der Waals surface area contributed by atoms with Crippen LogP contribution in [0.5, 0.6) is 0 Å². The Labute approximate surface area is 260 Å². The lowest BCUT2D eigenvalue weighted by Crippen LogP contribution is -2.40. The Morgan fingerprint density at radius 2 is 1.47 bits per heavy atom. The Bertz CT molecular complexity index is 1130. The summed E-state index contributed by atoms with van der Waals surface area (Å²) < 4.78 is 24.7. The maximum Gasteiger partial charge on any atom is 0.123 e. The monoisotopic (exact) mass is 599 g/mol. The molecule has 4 rings (SSSR count). The van der Waals surface area contributed by atoms with Crippen LogP contribution in [-0.2, 0) is 16.0 Å². The number of hydrogen-bond acceptors (Lipinski definition) is 4. The van der Waals surface area contributed by atoms with Crippen molar-refractivity contribution in [3.05, 3.63) is 100 Å². The first-order valence-electron chi connectivity index (χ1n) is 14.9. The highest BCUT2D eigenvalue weighted by Crippen LogP contribution is 2.56. The number of nitrogens with one attached hydrogen (secondary N) is 1. The molecule has 0 saturated heterocycles. The number of anilines is 1. The molecular weight excluding hydrogens is 544 g/mol. The van der Waals surface area contributed by atoms with Crippen LogP contribution in [0, 0.1) is 24.0 Å². The second kappa shape index (κ2) is 22.2. The Morgan fingerprint density at radius 3 is 1.91 bits per heavy atom. The second-order valence-electron chi connectivity index (χ2n) is 10.9. The number of aliphatic hydroxyl groups is 1. The molecular formula is C37H55F2NO3. The molecule has 4 nitrogen and oxygen atoms in total. The first-order chi connectivity index (χ1) is 20.4. The van der Waals surface area contributed by atoms with Crippen molar-refractivity contribution in [1.82, 2.24) is 0 Å². The van der Waals surface area contributed by atoms with Gasteiger partial charge < -0.3 is 20.0 Å². The molecule has 0 aromatic heterocycles. The quantitative estimate of drug-likeness (QED) is 0.367. The summed E-state index contributed by atoms with van der Waals surface area (Å²) in [4.78, 5) is 16.0. The SMILES string of the molecule is C/C=C\C1=C(C)C=C2CCC(C)(O)C2(C)C1.C=O.C=O.CCCC.CCc1cc(F)ccc1NC.Cc1ccc(F)cc1. The molecule has 2 aromatic carbocycles. The number of unbranched alkanes of at least 4 members (excludes halogenated alkanes) is 1. The molecule has 6 heteroatoms. The number of hydrogen-bond donors (Lipinski definition) is 2. The van der Waals surface area contributed by atoms with Crippen LogP contribution in [0.2, 0.25) is 0 Å². The highest BCUT2D eigenvalue weighted by atomic mass is 19.1. The van der Waals surface area contributed by atoms with Gasteiger partial charge in [-0.15, -0.1) is 0 Å². The van der Waals surface area contributed by atoms with E-state index in [9.17, 15) is 13.9 Å². The molecule has 0 bridgehead atoms. The van der Waals surface area contributed by atoms with Crippen LogP contribution >= 0.6 is 0 Å². The van der Waals surface area contributed by atoms with E-state index in [0.29, 0.717) is 0 Å². The van der Waals surface area contributed by atoms with Gasteiger partial charge in [-0.3, -0.25) is 0 Å². The van der Waals surface area contributed by atoms with Crippen LogP contribution in [0.4, 0.5) is 14.5 Å². The third kappa shape index (κ3) is 13.6. The van der Waals surface area contributed by atoms with Crippen LogP contribution in [0.1, 0.15) is 91.7 Å². The van der Waals surface area contributed by atoms with Crippen molar-refractivity contribution in [3.8, 4) is 0 Å². The van der Waals surface area contributed by atoms with Gasteiger partial charge in [-0.05, 0) is 100 Å². The zero-order chi connectivity index (χ0) is 33.6. The summed E-state index contributed by atoms with van der Waals surface area (Å²) in [6.45, 7) is 20.7. The third-order valence-electron chi connectivity index (χ3n) is 7.82. The van der Waals surface area contributed by atoms with E-state index < -0.39 is 5.60 Å². The molecule has 0 radical (unpaired) electrons. The van der Waals surface area contributed by atoms with Gasteiger partial charge in [0.25, 0.3) is 0 Å². The van der Waals surface area contributed by atoms with Crippen molar-refractivity contribution in [3.63, 3.8) is 0 Å². The standard InChI is InChI=1S/C15H22O.C9H12FN.C7H7F.C4H10.2CH2O/c1-5-6-12-10-14(3)13(9-11(12)2)7-8-15(14,4)16;1-3-7-6-8(10)4-5-9(7)11-2;1-6-2-4-7(8)5-3-6;1-3-4-2;2*1-2/h5-6,9,16H,7-8,10H2,1-4H3;4-6,11H,3H2,1-2H3;2-5H,1H3;3-4H2,1-2H3;2*1H2/b6-5-;;;;;. The fourth-order valence-electron chi connectivity index (χ4n) is 4.71. The van der Waals surface area contributed by atoms with Gasteiger partial charge >= 0.3 is 0 Å². The van der Waals surface area contributed by atoms with Gasteiger partial charge in [0.2, 0.25) is 0 Å². The molecule has 2 aliphatic rings. The smallest absolute Gasteiger partial charge is 0.123 e. The lowest BCUT2D eigenvalue weighted by atomic mass is 9.67. The molecule has 0 heterocycles. The van der Waals surface area contributed by atoms with E-state index in [1.807, 2.05) is 41.4 Å². The van der Waals surface area contributed by atoms with Gasteiger partial charge in [0.15, 0.2) is 0 Å². The summed E-state index contributed by atoms with van der Waals surface area (Å²) in [6.07, 6.45) is 13.0. The molecule has 1 saturated carbocycles. The zero-order valence-corrected chi connectivity index (χ0v) is 27.9. The fourth-order valence-corrected chi connectivity index (χ4v) is 4.71. The molecule has 2 atom stereocenters. The molecule has 0 aliphatic heterocycles. The molecule has 240 valence electrons. The molecule has 2 aromatic rings. The van der Waals surface area contributed by atoms with Gasteiger partial charge in [0.05, 0.1) is 5.60 Å². The molecule has 1 fully saturated rings. The zero-order valence-electron chi connectivity index (χ0n) is 27.9. The van der Waals surface area contributed by atoms with Crippen LogP contribution in [0.15, 0.2) is 77.4 Å². The average Bonchev–Trinajstić information content (AvgIpc) is 3.25. The lowest BCUT2D eigenvalue weighted by molar-refractivity contribution is -0.0987. The maximum atomic E-state index is 12.6. The number of carbonyl (C=O) groups excluding carboxylic acids is 2. The highest BCUT2D eigenvalue weighted by molar-refractivity contribution is 5.50. The van der Waals surface area contributed by atoms with Crippen molar-refractivity contribution < 1.29 is 23.5 Å². The molecule has 43 heavy (non-hydrogen) atoms. The topological polar surface area (TPSA) is 66.4 Å². The minimum absolute atomic E-state index is 0.0542. The minimum Gasteiger partial charge on any atom is -0.389 e. The van der Waals surface area contributed by atoms with E-state index in [-0.39, 0.29) is 17.0 Å². The summed E-state index contributed by atoms with van der Waals surface area (Å²) in [7, 11) is 1.84. The van der Waals surface area contributed by atoms with Gasteiger partial charge in [-0.1, -0.05) is 82.0 Å². The number of allylic oxidation sites excluding steroid dienone is 5. The van der Waals surface area contributed by atoms with Gasteiger partial charge in [-0.2, -0.15) is 0 Å². The minimum atomic E-state index is -0.549. The van der Waals surface area contributed by atoms with Gasteiger partial charge in [0.1, 0.15) is 25.2 Å². The number of fused-ring (bicyclic) bond motifs is 1. The van der Waals surface area contributed by atoms with E-state index >= 15 is 0 Å². The summed E-state index contributed by atoms with van der Waals surface area (Å²) in [5.74, 6) is -0.337. The fraction of sp³-hybridized carbons (Fsp3) is 0.459. The predicted octanol–water partition coefficient (Wildman–Crippen LogP) is 9.76. The van der Waals surface area contributed by atoms with E-state index in [2.05, 4.69) is 58.2 Å². The van der Waals surface area contributed by atoms with E-state index in [1.165, 1.54) is 47.8 Å². The third-order valence-corrected chi connectivity index (χ3v) is 7.82. The number of halogens is 2. The first-order valence-corrected chi connectivity index (χ1v) is 14.9. The van der Waals surface area contributed by atoms with Crippen molar-refractivity contribution in [2.45, 2.75) is 99.5 Å². The van der Waals surface area contributed by atoms with Crippen molar-refractivity contribution >= 4 is 19.3 Å². The number of rotatable bonds is 4. The normalized spacial score (nSPS) is 19.7. The van der Waals surface area contributed by atoms with Crippen LogP contribution in [0.25, 0.3) is 0 Å². The summed E-state index contributed by atoms with van der Waals surface area (Å²) in [5, 5.41) is 13.5. The van der Waals surface area contributed by atoms with Crippen molar-refractivity contribution in [2.24, 2.45) is 5.41 Å². The van der Waals surface area contributed by atoms with Gasteiger partial charge in [-0.25, -0.2) is 8.78 Å². The van der Waals surface area contributed by atoms with E-state index in [4.69, 9.17) is 9.59 Å². The van der Waals surface area contributed by atoms with Crippen molar-refractivity contribution in [1.29, 1.82) is 0 Å². The largest absolute Gasteiger partial charge is 0.389 e. The maximum absolute atomic E-state index is 12.6. The molecule has 2 unspecified atom stereocenters. The summed E-state index contributed by atoms with van der Waals surface area (Å²) in [5.41, 5.74) is 6.68. The number of aryl methyl sites for hydroxylation is 2. The average molecular weight is 600 g/mol. The summed E-state index contributed by atoms with van der Waals surface area (Å²) in [6, 6.07) is 11.2. The number of benzene rings is 2. The molecule has 2 aliphatic carbocycles. The molecule has 0 spiro atoms. The molecule has 0 amide bonds. The highest BCUT2D eigenvalue weighted by Gasteiger charge is 2.51. The Morgan fingerprint density at radius 1 is 0.930 bits per heavy atom. The number of carbonyl (C=O) groups is 2. The van der Waals surface area contributed by atoms with Crippen LogP contribution in [-0.4, -0.2) is 31.3 Å². The van der Waals surface area contributed by atoms with Gasteiger partial charge in [0, 0.05) is 18.2 Å². The Balaban J connectivity index is 0. The second-order valence-corrected chi connectivity index (χ2v) is 10.9. The van der Waals surface area contributed by atoms with Crippen molar-refractivity contribution in [2.75, 3.05) is 12.4 Å². The Hall–Kier alpha value is -3.38.